The van der Waals surface area contributed by atoms with Gasteiger partial charge in [-0.15, -0.1) is 0 Å². The first-order chi connectivity index (χ1) is 10.9. The fraction of sp³-hybridized carbons (Fsp3) is 0.400. The van der Waals surface area contributed by atoms with E-state index < -0.39 is 23.4 Å². The Morgan fingerprint density at radius 2 is 2.35 bits per heavy atom. The summed E-state index contributed by atoms with van der Waals surface area (Å²) in [6.45, 7) is 0.576. The topological polar surface area (TPSA) is 91.4 Å². The van der Waals surface area contributed by atoms with Crippen molar-refractivity contribution in [3.05, 3.63) is 29.6 Å². The van der Waals surface area contributed by atoms with E-state index in [1.807, 2.05) is 0 Å². The largest absolute Gasteiger partial charge is 0.442 e. The number of hydrogen-bond acceptors (Lipinski definition) is 4. The lowest BCUT2D eigenvalue weighted by atomic mass is 9.97. The van der Waals surface area contributed by atoms with Crippen molar-refractivity contribution in [1.29, 1.82) is 5.26 Å². The van der Waals surface area contributed by atoms with Gasteiger partial charge in [0.15, 0.2) is 5.11 Å². The van der Waals surface area contributed by atoms with Gasteiger partial charge in [-0.2, -0.15) is 5.26 Å². The van der Waals surface area contributed by atoms with E-state index in [0.717, 1.165) is 0 Å². The molecule has 2 fully saturated rings. The summed E-state index contributed by atoms with van der Waals surface area (Å²) in [6.07, 6.45) is 0.366. The highest BCUT2D eigenvalue weighted by molar-refractivity contribution is 7.80. The van der Waals surface area contributed by atoms with Gasteiger partial charge in [-0.3, -0.25) is 4.90 Å². The van der Waals surface area contributed by atoms with Crippen LogP contribution in [0.2, 0.25) is 0 Å². The Bertz CT molecular complexity index is 714. The number of anilines is 1. The van der Waals surface area contributed by atoms with Crippen LogP contribution in [0.3, 0.4) is 0 Å². The average Bonchev–Trinajstić information content (AvgIpc) is 3.22. The number of nitriles is 1. The number of nitrogens with one attached hydrogen (secondary N) is 1. The molecule has 1 unspecified atom stereocenters. The fourth-order valence-electron chi connectivity index (χ4n) is 2.68. The maximum absolute atomic E-state index is 14.3. The number of carbonyl (C=O) groups excluding carboxylic acids is 1. The van der Waals surface area contributed by atoms with E-state index in [-0.39, 0.29) is 11.7 Å². The summed E-state index contributed by atoms with van der Waals surface area (Å²) in [5.41, 5.74) is 5.44. The molecule has 2 aliphatic rings. The first-order valence-corrected chi connectivity index (χ1v) is 7.59. The Morgan fingerprint density at radius 1 is 1.61 bits per heavy atom. The lowest BCUT2D eigenvalue weighted by Crippen LogP contribution is -2.37. The summed E-state index contributed by atoms with van der Waals surface area (Å²) in [5, 5.41) is 12.0. The molecule has 0 radical (unpaired) electrons. The normalized spacial score (nSPS) is 21.5. The molecule has 0 aromatic heterocycles. The number of thiocarbonyl (C=S) groups is 1. The molecule has 120 valence electrons. The molecule has 1 amide bonds. The second kappa shape index (κ2) is 5.66. The number of cyclic esters (lactones) is 1. The molecule has 6 nitrogen and oxygen atoms in total. The summed E-state index contributed by atoms with van der Waals surface area (Å²) in [6, 6.07) is 6.66. The molecule has 1 saturated heterocycles. The van der Waals surface area contributed by atoms with E-state index in [1.54, 1.807) is 12.1 Å². The molecule has 23 heavy (non-hydrogen) atoms. The van der Waals surface area contributed by atoms with Gasteiger partial charge in [0.2, 0.25) is 0 Å². The van der Waals surface area contributed by atoms with Gasteiger partial charge in [0, 0.05) is 5.56 Å². The van der Waals surface area contributed by atoms with Gasteiger partial charge in [0.25, 0.3) is 0 Å². The Morgan fingerprint density at radius 3 is 2.91 bits per heavy atom. The Labute approximate surface area is 138 Å². The molecule has 1 aromatic rings. The van der Waals surface area contributed by atoms with E-state index in [9.17, 15) is 9.18 Å². The van der Waals surface area contributed by atoms with Gasteiger partial charge >= 0.3 is 6.09 Å². The third-order valence-corrected chi connectivity index (χ3v) is 4.27. The van der Waals surface area contributed by atoms with Crippen LogP contribution in [0.5, 0.6) is 0 Å². The van der Waals surface area contributed by atoms with Crippen LogP contribution in [0.1, 0.15) is 18.4 Å². The number of ether oxygens (including phenoxy) is 1. The monoisotopic (exact) mass is 334 g/mol. The van der Waals surface area contributed by atoms with Crippen molar-refractivity contribution < 1.29 is 13.9 Å². The molecule has 1 saturated carbocycles. The van der Waals surface area contributed by atoms with Gasteiger partial charge < -0.3 is 15.8 Å². The smallest absolute Gasteiger partial charge is 0.414 e. The van der Waals surface area contributed by atoms with Gasteiger partial charge in [0.1, 0.15) is 11.9 Å². The molecule has 0 bridgehead atoms. The van der Waals surface area contributed by atoms with E-state index in [0.29, 0.717) is 30.6 Å². The van der Waals surface area contributed by atoms with Crippen LogP contribution in [0.15, 0.2) is 18.2 Å². The number of hydrogen-bond donors (Lipinski definition) is 2. The van der Waals surface area contributed by atoms with Crippen molar-refractivity contribution in [2.24, 2.45) is 5.73 Å². The minimum atomic E-state index is -0.697. The average molecular weight is 334 g/mol. The lowest BCUT2D eigenvalue weighted by molar-refractivity contribution is 0.143. The Kier molecular flexibility index (Phi) is 3.82. The molecule has 1 aromatic carbocycles. The molecule has 8 heteroatoms. The van der Waals surface area contributed by atoms with E-state index in [2.05, 4.69) is 11.4 Å². The summed E-state index contributed by atoms with van der Waals surface area (Å²) in [5.74, 6) is -0.473. The highest BCUT2D eigenvalue weighted by atomic mass is 32.1. The molecule has 3 N–H and O–H groups in total. The summed E-state index contributed by atoms with van der Waals surface area (Å²) in [4.78, 5) is 13.3. The first kappa shape index (κ1) is 15.5. The van der Waals surface area contributed by atoms with E-state index in [4.69, 9.17) is 28.0 Å². The van der Waals surface area contributed by atoms with Crippen LogP contribution in [0, 0.1) is 17.1 Å². The van der Waals surface area contributed by atoms with Gasteiger partial charge in [0.05, 0.1) is 30.3 Å². The number of benzene rings is 1. The molecular weight excluding hydrogens is 319 g/mol. The van der Waals surface area contributed by atoms with Crippen LogP contribution in [-0.4, -0.2) is 30.4 Å². The van der Waals surface area contributed by atoms with Crippen molar-refractivity contribution in [3.8, 4) is 6.07 Å². The second-order valence-electron chi connectivity index (χ2n) is 5.72. The maximum atomic E-state index is 14.3. The van der Waals surface area contributed by atoms with Crippen LogP contribution in [0.25, 0.3) is 0 Å². The minimum Gasteiger partial charge on any atom is -0.442 e. The first-order valence-electron chi connectivity index (χ1n) is 7.18. The number of carbonyl (C=O) groups is 1. The highest BCUT2D eigenvalue weighted by Gasteiger charge is 2.47. The Balaban J connectivity index is 1.75. The standard InChI is InChI=1S/C15H15FN4O2S/c16-12-5-9(1-2-11(12)15(8-17)3-4-15)20-7-10(22-14(20)21)6-19-13(18)23/h1-2,5,10H,3-4,6-7H2,(H3,18,19,23). The van der Waals surface area contributed by atoms with E-state index in [1.165, 1.54) is 11.0 Å². The van der Waals surface area contributed by atoms with Crippen molar-refractivity contribution in [2.45, 2.75) is 24.4 Å². The molecule has 1 aliphatic heterocycles. The van der Waals surface area contributed by atoms with Gasteiger partial charge in [-0.1, -0.05) is 6.07 Å². The minimum absolute atomic E-state index is 0.126. The molecule has 1 heterocycles. The number of nitrogens with zero attached hydrogens (tertiary/aromatic N) is 2. The third kappa shape index (κ3) is 2.92. The van der Waals surface area contributed by atoms with Crippen LogP contribution >= 0.6 is 12.2 Å². The zero-order valence-electron chi connectivity index (χ0n) is 12.2. The zero-order chi connectivity index (χ0) is 16.6. The summed E-state index contributed by atoms with van der Waals surface area (Å²) >= 11 is 4.70. The number of halogens is 1. The van der Waals surface area contributed by atoms with Gasteiger partial charge in [-0.25, -0.2) is 9.18 Å². The van der Waals surface area contributed by atoms with Crippen molar-refractivity contribution in [3.63, 3.8) is 0 Å². The maximum Gasteiger partial charge on any atom is 0.414 e. The number of nitrogens with two attached hydrogens (primary N) is 1. The van der Waals surface area contributed by atoms with Crippen molar-refractivity contribution in [1.82, 2.24) is 5.32 Å². The molecule has 1 aliphatic carbocycles. The quantitative estimate of drug-likeness (QED) is 0.812. The fourth-order valence-corrected chi connectivity index (χ4v) is 2.76. The van der Waals surface area contributed by atoms with Crippen LogP contribution in [-0.2, 0) is 10.2 Å². The molecular formula is C15H15FN4O2S. The predicted molar refractivity (Wildman–Crippen MR) is 85.3 cm³/mol. The molecule has 3 rings (SSSR count). The number of rotatable bonds is 4. The zero-order valence-corrected chi connectivity index (χ0v) is 13.0. The summed E-state index contributed by atoms with van der Waals surface area (Å²) < 4.78 is 19.5. The van der Waals surface area contributed by atoms with Gasteiger partial charge in [-0.05, 0) is 37.2 Å². The van der Waals surface area contributed by atoms with Crippen molar-refractivity contribution in [2.75, 3.05) is 18.0 Å². The lowest BCUT2D eigenvalue weighted by Gasteiger charge is -2.15. The third-order valence-electron chi connectivity index (χ3n) is 4.12. The molecule has 1 atom stereocenters. The van der Waals surface area contributed by atoms with Crippen molar-refractivity contribution >= 4 is 29.1 Å². The molecule has 0 spiro atoms. The summed E-state index contributed by atoms with van der Waals surface area (Å²) in [7, 11) is 0. The highest BCUT2D eigenvalue weighted by Crippen LogP contribution is 2.48. The number of amides is 1. The SMILES string of the molecule is N#CC1(c2ccc(N3CC(CNC(N)=S)OC3=O)cc2F)CC1. The second-order valence-corrected chi connectivity index (χ2v) is 6.16. The predicted octanol–water partition coefficient (Wildman–Crippen LogP) is 1.54. The van der Waals surface area contributed by atoms with E-state index >= 15 is 0 Å². The van der Waals surface area contributed by atoms with Crippen LogP contribution in [0.4, 0.5) is 14.9 Å². The van der Waals surface area contributed by atoms with Crippen LogP contribution < -0.4 is 16.0 Å². The Hall–Kier alpha value is -2.40.